The number of hydrogen-bond donors (Lipinski definition) is 0. The molecule has 0 bridgehead atoms. The van der Waals surface area contributed by atoms with Gasteiger partial charge in [0.05, 0.1) is 0 Å². The van der Waals surface area contributed by atoms with Crippen LogP contribution in [0.3, 0.4) is 0 Å². The van der Waals surface area contributed by atoms with Crippen molar-refractivity contribution < 1.29 is 9.21 Å². The summed E-state index contributed by atoms with van der Waals surface area (Å²) in [5, 5.41) is 0.745. The zero-order valence-corrected chi connectivity index (χ0v) is 22.1. The van der Waals surface area contributed by atoms with Crippen LogP contribution in [0.5, 0.6) is 0 Å². The van der Waals surface area contributed by atoms with Crippen LogP contribution in [0.4, 0.5) is 6.01 Å². The summed E-state index contributed by atoms with van der Waals surface area (Å²) in [6.07, 6.45) is 0.742. The number of benzene rings is 4. The summed E-state index contributed by atoms with van der Waals surface area (Å²) in [7, 11) is 0. The van der Waals surface area contributed by atoms with Crippen LogP contribution in [0.25, 0.3) is 22.2 Å². The predicted octanol–water partition coefficient (Wildman–Crippen LogP) is 6.25. The summed E-state index contributed by atoms with van der Waals surface area (Å²) >= 11 is 4.40. The Balaban J connectivity index is 1.75. The van der Waals surface area contributed by atoms with Crippen LogP contribution in [-0.2, 0) is 4.79 Å². The first-order valence-corrected chi connectivity index (χ1v) is 16.2. The topological polar surface area (TPSA) is 46.3 Å². The molecular formula is C29H26BrN2O2P. The average Bonchev–Trinajstić information content (AvgIpc) is 3.34. The molecule has 0 radical (unpaired) electrons. The number of carbonyl (C=O) groups excluding carboxylic acids is 1. The number of rotatable bonds is 7. The summed E-state index contributed by atoms with van der Waals surface area (Å²) in [4.78, 5) is 17.3. The second kappa shape index (κ2) is 9.07. The van der Waals surface area contributed by atoms with E-state index in [2.05, 4.69) is 118 Å². The molecule has 0 aliphatic carbocycles. The van der Waals surface area contributed by atoms with E-state index >= 15 is 0 Å². The van der Waals surface area contributed by atoms with Crippen LogP contribution in [0.2, 0.25) is 0 Å². The van der Waals surface area contributed by atoms with E-state index in [0.29, 0.717) is 18.1 Å². The van der Waals surface area contributed by atoms with Crippen molar-refractivity contribution in [2.75, 3.05) is 18.1 Å². The number of oxazole rings is 1. The van der Waals surface area contributed by atoms with Gasteiger partial charge in [0.2, 0.25) is 0 Å². The number of fused-ring (bicyclic) bond motifs is 1. The second-order valence-corrected chi connectivity index (χ2v) is 18.4. The Morgan fingerprint density at radius 2 is 1.49 bits per heavy atom. The zero-order chi connectivity index (χ0) is 24.5. The first-order chi connectivity index (χ1) is 16.9. The molecule has 1 aromatic heterocycles. The fourth-order valence-corrected chi connectivity index (χ4v) is 10.8. The third kappa shape index (κ3) is 3.89. The number of hydrogen-bond acceptors (Lipinski definition) is 3. The van der Waals surface area contributed by atoms with Gasteiger partial charge in [-0.05, 0) is 0 Å². The molecule has 0 aliphatic rings. The van der Waals surface area contributed by atoms with E-state index in [4.69, 9.17) is 4.42 Å². The molecule has 1 heterocycles. The maximum atomic E-state index is 11.4. The van der Waals surface area contributed by atoms with Crippen LogP contribution < -0.4 is 20.8 Å². The fourth-order valence-electron chi connectivity index (χ4n) is 4.63. The van der Waals surface area contributed by atoms with Gasteiger partial charge in [-0.3, -0.25) is 0 Å². The Labute approximate surface area is 213 Å². The van der Waals surface area contributed by atoms with Crippen molar-refractivity contribution in [2.45, 2.75) is 6.92 Å². The summed E-state index contributed by atoms with van der Waals surface area (Å²) in [5.74, 6) is 0. The SMILES string of the molecule is CCN(C=O)c1nc2ccc(-c3ccccc3P(C)(Br)(c3ccccc3)c3ccccc3)cc2o1. The molecule has 5 aromatic rings. The molecule has 0 saturated heterocycles. The van der Waals surface area contributed by atoms with E-state index in [0.717, 1.165) is 23.1 Å². The Morgan fingerprint density at radius 3 is 2.09 bits per heavy atom. The maximum absolute atomic E-state index is 11.4. The van der Waals surface area contributed by atoms with Gasteiger partial charge in [0.1, 0.15) is 0 Å². The van der Waals surface area contributed by atoms with Gasteiger partial charge in [-0.1, -0.05) is 0 Å². The van der Waals surface area contributed by atoms with Crippen molar-refractivity contribution in [2.24, 2.45) is 0 Å². The van der Waals surface area contributed by atoms with E-state index in [1.807, 2.05) is 19.1 Å². The first kappa shape index (κ1) is 23.5. The van der Waals surface area contributed by atoms with E-state index < -0.39 is 5.31 Å². The Morgan fingerprint density at radius 1 is 0.886 bits per heavy atom. The molecule has 4 nitrogen and oxygen atoms in total. The molecule has 0 N–H and O–H groups in total. The summed E-state index contributed by atoms with van der Waals surface area (Å²) in [6.45, 7) is 4.73. The van der Waals surface area contributed by atoms with Crippen molar-refractivity contribution in [1.29, 1.82) is 0 Å². The van der Waals surface area contributed by atoms with Crippen LogP contribution in [0.15, 0.2) is 108 Å². The van der Waals surface area contributed by atoms with Crippen LogP contribution in [0.1, 0.15) is 6.92 Å². The molecule has 176 valence electrons. The Kier molecular flexibility index (Phi) is 6.08. The van der Waals surface area contributed by atoms with Gasteiger partial charge in [0.25, 0.3) is 0 Å². The molecule has 6 heteroatoms. The van der Waals surface area contributed by atoms with Crippen molar-refractivity contribution in [3.05, 3.63) is 103 Å². The first-order valence-electron chi connectivity index (χ1n) is 11.5. The van der Waals surface area contributed by atoms with Crippen molar-refractivity contribution >= 4 is 60.2 Å². The molecule has 0 atom stereocenters. The molecular weight excluding hydrogens is 519 g/mol. The summed E-state index contributed by atoms with van der Waals surface area (Å²) < 4.78 is 5.98. The number of amides is 1. The quantitative estimate of drug-likeness (QED) is 0.180. The predicted molar refractivity (Wildman–Crippen MR) is 152 cm³/mol. The number of halogens is 1. The molecule has 0 unspecified atom stereocenters. The third-order valence-corrected chi connectivity index (χ3v) is 14.8. The van der Waals surface area contributed by atoms with Gasteiger partial charge in [-0.15, -0.1) is 0 Å². The van der Waals surface area contributed by atoms with E-state index in [1.54, 1.807) is 0 Å². The molecule has 1 amide bonds. The Bertz CT molecular complexity index is 1460. The number of anilines is 1. The Hall–Kier alpha value is -3.27. The van der Waals surface area contributed by atoms with E-state index in [9.17, 15) is 4.79 Å². The van der Waals surface area contributed by atoms with Gasteiger partial charge in [0, 0.05) is 0 Å². The molecule has 4 aromatic carbocycles. The zero-order valence-electron chi connectivity index (χ0n) is 19.6. The van der Waals surface area contributed by atoms with Crippen LogP contribution in [0, 0.1) is 0 Å². The van der Waals surface area contributed by atoms with Crippen molar-refractivity contribution in [1.82, 2.24) is 4.98 Å². The normalized spacial score (nSPS) is 12.7. The minimum absolute atomic E-state index is 0.312. The number of nitrogens with zero attached hydrogens (tertiary/aromatic N) is 2. The monoisotopic (exact) mass is 544 g/mol. The number of carbonyl (C=O) groups is 1. The van der Waals surface area contributed by atoms with Crippen molar-refractivity contribution in [3.8, 4) is 11.1 Å². The standard InChI is InChI=1S/C29H26BrN2O2P/c1-3-32(21-33)29-31-26-19-18-22(20-27(26)34-29)25-16-10-11-17-28(25)35(2,30,23-12-6-4-7-13-23)24-14-8-5-9-15-24/h4-21H,3H2,1-2H3. The summed E-state index contributed by atoms with van der Waals surface area (Å²) in [6, 6.07) is 36.3. The second-order valence-electron chi connectivity index (χ2n) is 8.69. The van der Waals surface area contributed by atoms with Gasteiger partial charge < -0.3 is 0 Å². The average molecular weight is 545 g/mol. The van der Waals surface area contributed by atoms with Crippen molar-refractivity contribution in [3.63, 3.8) is 0 Å². The van der Waals surface area contributed by atoms with Gasteiger partial charge in [-0.25, -0.2) is 0 Å². The minimum atomic E-state index is -3.00. The summed E-state index contributed by atoms with van der Waals surface area (Å²) in [5.41, 5.74) is 3.53. The van der Waals surface area contributed by atoms with E-state index in [1.165, 1.54) is 20.8 Å². The fraction of sp³-hybridized carbons (Fsp3) is 0.103. The molecule has 0 aliphatic heterocycles. The third-order valence-electron chi connectivity index (χ3n) is 6.62. The molecule has 0 fully saturated rings. The molecule has 35 heavy (non-hydrogen) atoms. The molecule has 5 rings (SSSR count). The van der Waals surface area contributed by atoms with Gasteiger partial charge in [0.15, 0.2) is 0 Å². The van der Waals surface area contributed by atoms with Crippen LogP contribution >= 0.6 is 20.8 Å². The number of aromatic nitrogens is 1. The van der Waals surface area contributed by atoms with Crippen LogP contribution in [-0.4, -0.2) is 24.6 Å². The van der Waals surface area contributed by atoms with Gasteiger partial charge in [-0.2, -0.15) is 0 Å². The molecule has 0 saturated carbocycles. The molecule has 0 spiro atoms. The van der Waals surface area contributed by atoms with Gasteiger partial charge >= 0.3 is 214 Å². The van der Waals surface area contributed by atoms with E-state index in [-0.39, 0.29) is 0 Å².